The van der Waals surface area contributed by atoms with Crippen LogP contribution in [0.15, 0.2) is 29.3 Å². The minimum absolute atomic E-state index is 0.0194. The molecule has 146 valence electrons. The third-order valence-electron chi connectivity index (χ3n) is 4.40. The van der Waals surface area contributed by atoms with Crippen LogP contribution in [-0.4, -0.2) is 29.4 Å². The number of halogens is 3. The molecule has 0 amide bonds. The number of benzene rings is 1. The fourth-order valence-corrected chi connectivity index (χ4v) is 3.01. The highest BCUT2D eigenvalue weighted by Gasteiger charge is 2.15. The highest BCUT2D eigenvalue weighted by atomic mass is 19.3. The van der Waals surface area contributed by atoms with E-state index in [2.05, 4.69) is 9.72 Å². The molecule has 5 nitrogen and oxygen atoms in total. The second-order valence-corrected chi connectivity index (χ2v) is 6.34. The molecule has 0 bridgehead atoms. The van der Waals surface area contributed by atoms with Crippen LogP contribution in [0, 0.1) is 5.82 Å². The summed E-state index contributed by atoms with van der Waals surface area (Å²) in [4.78, 5) is 16.8. The summed E-state index contributed by atoms with van der Waals surface area (Å²) >= 11 is 0. The Morgan fingerprint density at radius 3 is 2.85 bits per heavy atom. The molecular weight excluding hydrogens is 361 g/mol. The Labute approximate surface area is 154 Å². The molecule has 0 N–H and O–H groups in total. The Bertz CT molecular complexity index is 880. The Morgan fingerprint density at radius 2 is 2.11 bits per heavy atom. The maximum atomic E-state index is 14.5. The molecule has 0 fully saturated rings. The minimum atomic E-state index is -2.76. The van der Waals surface area contributed by atoms with E-state index in [1.54, 1.807) is 0 Å². The van der Waals surface area contributed by atoms with Gasteiger partial charge in [0.1, 0.15) is 11.6 Å². The first-order chi connectivity index (χ1) is 13.1. The van der Waals surface area contributed by atoms with Crippen LogP contribution in [0.4, 0.5) is 13.2 Å². The van der Waals surface area contributed by atoms with E-state index in [9.17, 15) is 18.0 Å². The highest BCUT2D eigenvalue weighted by Crippen LogP contribution is 2.26. The number of hydrogen-bond acceptors (Lipinski definition) is 4. The summed E-state index contributed by atoms with van der Waals surface area (Å²) < 4.78 is 49.3. The molecule has 2 heterocycles. The maximum absolute atomic E-state index is 14.5. The van der Waals surface area contributed by atoms with Crippen molar-refractivity contribution in [2.75, 3.05) is 13.2 Å². The zero-order valence-corrected chi connectivity index (χ0v) is 14.8. The molecule has 8 heteroatoms. The number of unbranched alkanes of at least 4 members (excludes halogenated alkanes) is 2. The van der Waals surface area contributed by atoms with Crippen molar-refractivity contribution >= 4 is 16.7 Å². The van der Waals surface area contributed by atoms with Gasteiger partial charge in [0.25, 0.3) is 5.56 Å². The van der Waals surface area contributed by atoms with Gasteiger partial charge in [-0.3, -0.25) is 9.36 Å². The lowest BCUT2D eigenvalue weighted by Crippen LogP contribution is -2.21. The van der Waals surface area contributed by atoms with Crippen LogP contribution in [-0.2, 0) is 16.0 Å². The lowest BCUT2D eigenvalue weighted by Gasteiger charge is -2.16. The molecule has 0 saturated heterocycles. The summed E-state index contributed by atoms with van der Waals surface area (Å²) in [5, 5.41) is 0.205. The minimum Gasteiger partial charge on any atom is -0.493 e. The quantitative estimate of drug-likeness (QED) is 0.645. The van der Waals surface area contributed by atoms with Gasteiger partial charge in [0.2, 0.25) is 0 Å². The molecule has 27 heavy (non-hydrogen) atoms. The molecule has 1 aliphatic rings. The number of rotatable bonds is 8. The number of aryl methyl sites for hydroxylation is 1. The van der Waals surface area contributed by atoms with Crippen LogP contribution in [0.25, 0.3) is 16.7 Å². The first kappa shape index (κ1) is 19.4. The highest BCUT2D eigenvalue weighted by molar-refractivity contribution is 5.81. The normalized spacial score (nSPS) is 14.4. The van der Waals surface area contributed by atoms with Crippen LogP contribution in [0.3, 0.4) is 0 Å². The average molecular weight is 382 g/mol. The van der Waals surface area contributed by atoms with Crippen molar-refractivity contribution in [3.05, 3.63) is 46.3 Å². The third kappa shape index (κ3) is 4.88. The van der Waals surface area contributed by atoms with Crippen LogP contribution in [0.1, 0.15) is 37.7 Å². The largest absolute Gasteiger partial charge is 0.493 e. The van der Waals surface area contributed by atoms with Crippen molar-refractivity contribution in [2.45, 2.75) is 45.3 Å². The van der Waals surface area contributed by atoms with Crippen molar-refractivity contribution in [3.8, 4) is 0 Å². The van der Waals surface area contributed by atoms with Crippen LogP contribution in [0.2, 0.25) is 0 Å². The topological polar surface area (TPSA) is 53.3 Å². The van der Waals surface area contributed by atoms with Crippen molar-refractivity contribution in [2.24, 2.45) is 0 Å². The van der Waals surface area contributed by atoms with Gasteiger partial charge in [0.05, 0.1) is 36.0 Å². The third-order valence-corrected chi connectivity index (χ3v) is 4.40. The van der Waals surface area contributed by atoms with Gasteiger partial charge in [-0.25, -0.2) is 9.37 Å². The number of ether oxygens (including phenoxy) is 2. The number of fused-ring (bicyclic) bond motifs is 1. The predicted molar refractivity (Wildman–Crippen MR) is 94.9 cm³/mol. The van der Waals surface area contributed by atoms with Gasteiger partial charge in [-0.15, -0.1) is 0 Å². The molecule has 3 rings (SSSR count). The van der Waals surface area contributed by atoms with Crippen LogP contribution >= 0.6 is 0 Å². The number of allylic oxidation sites excluding steroid dienone is 1. The predicted octanol–water partition coefficient (Wildman–Crippen LogP) is 4.10. The summed E-state index contributed by atoms with van der Waals surface area (Å²) in [5.74, 6) is -0.0332. The number of nitrogens with zero attached hydrogens (tertiary/aromatic N) is 2. The van der Waals surface area contributed by atoms with Gasteiger partial charge in [0, 0.05) is 6.54 Å². The molecule has 0 saturated carbocycles. The van der Waals surface area contributed by atoms with Crippen molar-refractivity contribution in [1.82, 2.24) is 9.55 Å². The molecule has 0 unspecified atom stereocenters. The molecule has 1 aromatic heterocycles. The summed E-state index contributed by atoms with van der Waals surface area (Å²) in [7, 11) is 0. The molecule has 0 spiro atoms. The summed E-state index contributed by atoms with van der Waals surface area (Å²) in [6.45, 7) is -1.85. The van der Waals surface area contributed by atoms with Crippen molar-refractivity contribution in [1.29, 1.82) is 0 Å². The van der Waals surface area contributed by atoms with E-state index in [-0.39, 0.29) is 17.6 Å². The average Bonchev–Trinajstić information content (AvgIpc) is 2.66. The van der Waals surface area contributed by atoms with Crippen LogP contribution in [0.5, 0.6) is 0 Å². The number of alkyl halides is 2. The van der Waals surface area contributed by atoms with Gasteiger partial charge in [-0.1, -0.05) is 0 Å². The second kappa shape index (κ2) is 9.03. The van der Waals surface area contributed by atoms with Gasteiger partial charge in [-0.05, 0) is 50.3 Å². The van der Waals surface area contributed by atoms with Crippen molar-refractivity contribution in [3.63, 3.8) is 0 Å². The summed E-state index contributed by atoms with van der Waals surface area (Å²) in [6.07, 6.45) is 6.72. The number of aromatic nitrogens is 2. The summed E-state index contributed by atoms with van der Waals surface area (Å²) in [6, 6.07) is 2.74. The Balaban J connectivity index is 1.71. The Hall–Kier alpha value is -2.35. The zero-order valence-electron chi connectivity index (χ0n) is 14.8. The van der Waals surface area contributed by atoms with Gasteiger partial charge in [-0.2, -0.15) is 8.78 Å². The maximum Gasteiger partial charge on any atom is 0.345 e. The molecule has 1 aromatic carbocycles. The number of hydrogen-bond donors (Lipinski definition) is 0. The van der Waals surface area contributed by atoms with E-state index in [4.69, 9.17) is 4.74 Å². The van der Waals surface area contributed by atoms with Crippen LogP contribution < -0.4 is 5.56 Å². The Kier molecular flexibility index (Phi) is 6.49. The van der Waals surface area contributed by atoms with E-state index in [0.717, 1.165) is 12.8 Å². The first-order valence-electron chi connectivity index (χ1n) is 8.98. The zero-order chi connectivity index (χ0) is 19.2. The molecule has 0 radical (unpaired) electrons. The van der Waals surface area contributed by atoms with E-state index in [0.29, 0.717) is 49.3 Å². The lowest BCUT2D eigenvalue weighted by atomic mass is 10.1. The standard InChI is InChI=1S/C19H21F3N2O3/c20-15-10-14-16(11-13(15)17-6-2-5-8-26-17)23-12-24(18(14)25)7-3-1-4-9-27-19(21)22/h6,10-12,19H,1-5,7-9H2. The molecule has 0 aliphatic carbocycles. The van der Waals surface area contributed by atoms with E-state index in [1.165, 1.54) is 23.0 Å². The monoisotopic (exact) mass is 382 g/mol. The van der Waals surface area contributed by atoms with Crippen molar-refractivity contribution < 1.29 is 22.6 Å². The smallest absolute Gasteiger partial charge is 0.345 e. The molecule has 1 aliphatic heterocycles. The van der Waals surface area contributed by atoms with E-state index < -0.39 is 12.4 Å². The van der Waals surface area contributed by atoms with Gasteiger partial charge >= 0.3 is 6.61 Å². The second-order valence-electron chi connectivity index (χ2n) is 6.34. The first-order valence-corrected chi connectivity index (χ1v) is 8.98. The summed E-state index contributed by atoms with van der Waals surface area (Å²) in [5.41, 5.74) is 0.395. The van der Waals surface area contributed by atoms with Gasteiger partial charge in [0.15, 0.2) is 0 Å². The lowest BCUT2D eigenvalue weighted by molar-refractivity contribution is -0.129. The molecule has 0 atom stereocenters. The van der Waals surface area contributed by atoms with E-state index >= 15 is 0 Å². The van der Waals surface area contributed by atoms with Gasteiger partial charge < -0.3 is 9.47 Å². The molecule has 2 aromatic rings. The SMILES string of the molecule is O=c1c2cc(F)c(C3=CCCCO3)cc2ncn1CCCCCOC(F)F. The fourth-order valence-electron chi connectivity index (χ4n) is 3.01. The Morgan fingerprint density at radius 1 is 1.26 bits per heavy atom. The molecular formula is C19H21F3N2O3. The fraction of sp³-hybridized carbons (Fsp3) is 0.474. The van der Waals surface area contributed by atoms with E-state index in [1.807, 2.05) is 6.08 Å².